The lowest BCUT2D eigenvalue weighted by molar-refractivity contribution is 0.321. The number of halogens is 1. The van der Waals surface area contributed by atoms with Crippen molar-refractivity contribution in [2.24, 2.45) is 0 Å². The maximum Gasteiger partial charge on any atom is 0.150 e. The molecule has 1 aromatic heterocycles. The molecule has 0 amide bonds. The molecular weight excluding hydrogens is 345 g/mol. The Morgan fingerprint density at radius 2 is 1.92 bits per heavy atom. The second-order valence-corrected chi connectivity index (χ2v) is 7.65. The third-order valence-electron chi connectivity index (χ3n) is 3.05. The number of aromatic nitrogens is 1. The summed E-state index contributed by atoms with van der Waals surface area (Å²) in [5.41, 5.74) is 0. The van der Waals surface area contributed by atoms with Gasteiger partial charge in [-0.05, 0) is 43.3 Å². The van der Waals surface area contributed by atoms with E-state index in [1.54, 1.807) is 53.6 Å². The first kappa shape index (κ1) is 16.8. The van der Waals surface area contributed by atoms with E-state index < -0.39 is 0 Å². The van der Waals surface area contributed by atoms with Gasteiger partial charge in [-0.2, -0.15) is 0 Å². The number of thioether (sulfide) groups is 1. The van der Waals surface area contributed by atoms with Crippen molar-refractivity contribution in [1.82, 2.24) is 4.98 Å². The standard InChI is InChI=1S/C18H16FNO2S2/c1-13(24-18-20-9-10-23-18)12-21-15-5-7-16(8-6-15)22-17-4-2-3-14(19)11-17/h2-11,13H,12H2,1H3. The molecule has 0 radical (unpaired) electrons. The first-order valence-corrected chi connectivity index (χ1v) is 9.17. The van der Waals surface area contributed by atoms with Crippen molar-refractivity contribution in [2.45, 2.75) is 16.5 Å². The Bertz CT molecular complexity index is 763. The number of rotatable bonds is 7. The Hall–Kier alpha value is -2.05. The summed E-state index contributed by atoms with van der Waals surface area (Å²) >= 11 is 3.33. The molecule has 3 aromatic rings. The Kier molecular flexibility index (Phi) is 5.72. The summed E-state index contributed by atoms with van der Waals surface area (Å²) in [7, 11) is 0. The van der Waals surface area contributed by atoms with Crippen molar-refractivity contribution >= 4 is 23.1 Å². The van der Waals surface area contributed by atoms with Crippen LogP contribution in [0.3, 0.4) is 0 Å². The third kappa shape index (κ3) is 4.97. The summed E-state index contributed by atoms with van der Waals surface area (Å²) < 4.78 is 25.6. The highest BCUT2D eigenvalue weighted by Crippen LogP contribution is 2.27. The molecule has 0 aliphatic carbocycles. The van der Waals surface area contributed by atoms with E-state index in [9.17, 15) is 4.39 Å². The van der Waals surface area contributed by atoms with Gasteiger partial charge in [0.25, 0.3) is 0 Å². The normalized spacial score (nSPS) is 11.9. The Morgan fingerprint density at radius 3 is 2.62 bits per heavy atom. The molecule has 6 heteroatoms. The highest BCUT2D eigenvalue weighted by atomic mass is 32.2. The monoisotopic (exact) mass is 361 g/mol. The van der Waals surface area contributed by atoms with Gasteiger partial charge in [0.05, 0.1) is 0 Å². The highest BCUT2D eigenvalue weighted by Gasteiger charge is 2.08. The molecule has 0 N–H and O–H groups in total. The molecule has 0 bridgehead atoms. The summed E-state index contributed by atoms with van der Waals surface area (Å²) in [5.74, 6) is 1.56. The van der Waals surface area contributed by atoms with Crippen LogP contribution in [-0.4, -0.2) is 16.8 Å². The number of benzene rings is 2. The Balaban J connectivity index is 1.51. The smallest absolute Gasteiger partial charge is 0.150 e. The summed E-state index contributed by atoms with van der Waals surface area (Å²) in [4.78, 5) is 4.25. The lowest BCUT2D eigenvalue weighted by Gasteiger charge is -2.12. The summed E-state index contributed by atoms with van der Waals surface area (Å²) in [6.07, 6.45) is 1.80. The van der Waals surface area contributed by atoms with Gasteiger partial charge in [0, 0.05) is 22.9 Å². The number of hydrogen-bond acceptors (Lipinski definition) is 5. The molecule has 3 nitrogen and oxygen atoms in total. The summed E-state index contributed by atoms with van der Waals surface area (Å²) in [6.45, 7) is 2.70. The molecule has 0 spiro atoms. The van der Waals surface area contributed by atoms with E-state index in [2.05, 4.69) is 11.9 Å². The zero-order chi connectivity index (χ0) is 16.8. The second kappa shape index (κ2) is 8.17. The minimum atomic E-state index is -0.320. The van der Waals surface area contributed by atoms with Crippen molar-refractivity contribution in [1.29, 1.82) is 0 Å². The number of ether oxygens (including phenoxy) is 2. The molecule has 0 aliphatic heterocycles. The first-order valence-electron chi connectivity index (χ1n) is 7.41. The quantitative estimate of drug-likeness (QED) is 0.510. The average Bonchev–Trinajstić information content (AvgIpc) is 3.07. The molecular formula is C18H16FNO2S2. The maximum absolute atomic E-state index is 13.1. The fourth-order valence-electron chi connectivity index (χ4n) is 1.96. The number of nitrogens with zero attached hydrogens (tertiary/aromatic N) is 1. The molecule has 0 saturated heterocycles. The van der Waals surface area contributed by atoms with Gasteiger partial charge in [-0.15, -0.1) is 11.3 Å². The molecule has 3 rings (SSSR count). The number of thiazole rings is 1. The minimum absolute atomic E-state index is 0.305. The third-order valence-corrected chi connectivity index (χ3v) is 5.04. The zero-order valence-electron chi connectivity index (χ0n) is 13.0. The lowest BCUT2D eigenvalue weighted by Crippen LogP contribution is -2.10. The minimum Gasteiger partial charge on any atom is -0.492 e. The van der Waals surface area contributed by atoms with Crippen LogP contribution in [0, 0.1) is 5.82 Å². The van der Waals surface area contributed by atoms with Gasteiger partial charge >= 0.3 is 0 Å². The van der Waals surface area contributed by atoms with Crippen LogP contribution in [-0.2, 0) is 0 Å². The van der Waals surface area contributed by atoms with Crippen LogP contribution in [0.15, 0.2) is 64.4 Å². The van der Waals surface area contributed by atoms with Crippen LogP contribution in [0.2, 0.25) is 0 Å². The molecule has 0 saturated carbocycles. The van der Waals surface area contributed by atoms with E-state index in [4.69, 9.17) is 9.47 Å². The van der Waals surface area contributed by atoms with Crippen LogP contribution >= 0.6 is 23.1 Å². The Morgan fingerprint density at radius 1 is 1.12 bits per heavy atom. The second-order valence-electron chi connectivity index (χ2n) is 5.07. The molecule has 2 aromatic carbocycles. The van der Waals surface area contributed by atoms with Crippen molar-refractivity contribution in [3.63, 3.8) is 0 Å². The van der Waals surface area contributed by atoms with E-state index in [0.29, 0.717) is 23.4 Å². The van der Waals surface area contributed by atoms with Gasteiger partial charge in [0.15, 0.2) is 0 Å². The van der Waals surface area contributed by atoms with E-state index in [0.717, 1.165) is 10.1 Å². The van der Waals surface area contributed by atoms with Crippen LogP contribution in [0.5, 0.6) is 17.2 Å². The van der Waals surface area contributed by atoms with Gasteiger partial charge in [-0.1, -0.05) is 17.8 Å². The summed E-state index contributed by atoms with van der Waals surface area (Å²) in [6, 6.07) is 13.4. The molecule has 1 heterocycles. The van der Waals surface area contributed by atoms with Crippen LogP contribution in [0.4, 0.5) is 4.39 Å². The Labute approximate surface area is 148 Å². The predicted molar refractivity (Wildman–Crippen MR) is 95.8 cm³/mol. The highest BCUT2D eigenvalue weighted by molar-refractivity contribution is 8.01. The fraction of sp³-hybridized carbons (Fsp3) is 0.167. The topological polar surface area (TPSA) is 31.4 Å². The van der Waals surface area contributed by atoms with Crippen molar-refractivity contribution in [2.75, 3.05) is 6.61 Å². The molecule has 0 fully saturated rings. The van der Waals surface area contributed by atoms with E-state index >= 15 is 0 Å². The van der Waals surface area contributed by atoms with Gasteiger partial charge in [-0.25, -0.2) is 9.37 Å². The SMILES string of the molecule is CC(COc1ccc(Oc2cccc(F)c2)cc1)Sc1nccs1. The van der Waals surface area contributed by atoms with E-state index in [1.165, 1.54) is 12.1 Å². The van der Waals surface area contributed by atoms with Gasteiger partial charge in [0.1, 0.15) is 34.0 Å². The molecule has 1 unspecified atom stereocenters. The van der Waals surface area contributed by atoms with Crippen molar-refractivity contribution in [3.8, 4) is 17.2 Å². The van der Waals surface area contributed by atoms with E-state index in [1.807, 2.05) is 17.5 Å². The average molecular weight is 361 g/mol. The maximum atomic E-state index is 13.1. The van der Waals surface area contributed by atoms with Crippen LogP contribution in [0.1, 0.15) is 6.92 Å². The molecule has 1 atom stereocenters. The van der Waals surface area contributed by atoms with Crippen LogP contribution < -0.4 is 9.47 Å². The largest absolute Gasteiger partial charge is 0.492 e. The predicted octanol–water partition coefficient (Wildman–Crippen LogP) is 5.63. The van der Waals surface area contributed by atoms with Gasteiger partial charge in [-0.3, -0.25) is 0 Å². The van der Waals surface area contributed by atoms with E-state index in [-0.39, 0.29) is 5.82 Å². The lowest BCUT2D eigenvalue weighted by atomic mass is 10.3. The van der Waals surface area contributed by atoms with Gasteiger partial charge < -0.3 is 9.47 Å². The number of hydrogen-bond donors (Lipinski definition) is 0. The zero-order valence-corrected chi connectivity index (χ0v) is 14.6. The molecule has 24 heavy (non-hydrogen) atoms. The first-order chi connectivity index (χ1) is 11.7. The van der Waals surface area contributed by atoms with Gasteiger partial charge in [0.2, 0.25) is 0 Å². The van der Waals surface area contributed by atoms with Crippen molar-refractivity contribution in [3.05, 3.63) is 65.9 Å². The van der Waals surface area contributed by atoms with Crippen LogP contribution in [0.25, 0.3) is 0 Å². The molecule has 124 valence electrons. The molecule has 0 aliphatic rings. The summed E-state index contributed by atoms with van der Waals surface area (Å²) in [5, 5.41) is 2.27. The van der Waals surface area contributed by atoms with Crippen molar-refractivity contribution < 1.29 is 13.9 Å². The fourth-order valence-corrected chi connectivity index (χ4v) is 3.80.